The molecule has 1 aliphatic heterocycles. The number of hydrogen-bond acceptors (Lipinski definition) is 5. The molecule has 0 aromatic heterocycles. The van der Waals surface area contributed by atoms with Gasteiger partial charge in [-0.05, 0) is 6.42 Å². The van der Waals surface area contributed by atoms with Gasteiger partial charge >= 0.3 is 5.97 Å². The van der Waals surface area contributed by atoms with E-state index in [0.717, 1.165) is 6.42 Å². The van der Waals surface area contributed by atoms with Crippen molar-refractivity contribution in [1.82, 2.24) is 0 Å². The minimum atomic E-state index is -0.513. The van der Waals surface area contributed by atoms with Gasteiger partial charge in [0.25, 0.3) is 0 Å². The predicted molar refractivity (Wildman–Crippen MR) is 72.5 cm³/mol. The van der Waals surface area contributed by atoms with E-state index in [0.29, 0.717) is 35.7 Å². The molecule has 6 heteroatoms. The van der Waals surface area contributed by atoms with E-state index in [1.807, 2.05) is 0 Å². The van der Waals surface area contributed by atoms with E-state index in [1.165, 1.54) is 27.4 Å². The lowest BCUT2D eigenvalue weighted by molar-refractivity contribution is -0.117. The lowest BCUT2D eigenvalue weighted by Gasteiger charge is -2.21. The van der Waals surface area contributed by atoms with Gasteiger partial charge in [0.05, 0.1) is 32.6 Å². The Morgan fingerprint density at radius 2 is 1.80 bits per heavy atom. The van der Waals surface area contributed by atoms with Crippen LogP contribution in [-0.4, -0.2) is 39.8 Å². The van der Waals surface area contributed by atoms with Crippen LogP contribution >= 0.6 is 0 Å². The number of amides is 1. The molecule has 0 atom stereocenters. The average molecular weight is 279 g/mol. The molecule has 0 spiro atoms. The number of carbonyl (C=O) groups excluding carboxylic acids is 2. The van der Waals surface area contributed by atoms with Crippen LogP contribution in [-0.2, 0) is 9.53 Å². The maximum atomic E-state index is 11.9. The van der Waals surface area contributed by atoms with Crippen molar-refractivity contribution >= 4 is 17.6 Å². The van der Waals surface area contributed by atoms with Crippen molar-refractivity contribution in [2.45, 2.75) is 12.8 Å². The minimum absolute atomic E-state index is 0.0117. The molecule has 0 saturated carbocycles. The third-order valence-corrected chi connectivity index (χ3v) is 3.27. The molecule has 1 saturated heterocycles. The van der Waals surface area contributed by atoms with Crippen molar-refractivity contribution in [3.05, 3.63) is 17.7 Å². The summed E-state index contributed by atoms with van der Waals surface area (Å²) in [6, 6.07) is 3.17. The number of carbonyl (C=O) groups is 2. The Morgan fingerprint density at radius 3 is 2.30 bits per heavy atom. The molecule has 2 rings (SSSR count). The SMILES string of the molecule is COC(=O)c1cc(OC)c(OC)cc1N1CCCC1=O. The van der Waals surface area contributed by atoms with Gasteiger partial charge in [-0.2, -0.15) is 0 Å². The van der Waals surface area contributed by atoms with Gasteiger partial charge in [-0.3, -0.25) is 4.79 Å². The standard InChI is InChI=1S/C14H17NO5/c1-18-11-7-9(14(17)20-3)10(8-12(11)19-2)15-6-4-5-13(15)16/h7-8H,4-6H2,1-3H3. The molecule has 1 fully saturated rings. The quantitative estimate of drug-likeness (QED) is 0.784. The highest BCUT2D eigenvalue weighted by atomic mass is 16.5. The summed E-state index contributed by atoms with van der Waals surface area (Å²) in [4.78, 5) is 25.4. The highest BCUT2D eigenvalue weighted by molar-refractivity contribution is 6.04. The Kier molecular flexibility index (Phi) is 4.12. The number of hydrogen-bond donors (Lipinski definition) is 0. The molecule has 0 bridgehead atoms. The van der Waals surface area contributed by atoms with Crippen molar-refractivity contribution in [3.63, 3.8) is 0 Å². The summed E-state index contributed by atoms with van der Waals surface area (Å²) in [5, 5.41) is 0. The fraction of sp³-hybridized carbons (Fsp3) is 0.429. The van der Waals surface area contributed by atoms with E-state index in [9.17, 15) is 9.59 Å². The van der Waals surface area contributed by atoms with Crippen molar-refractivity contribution in [2.24, 2.45) is 0 Å². The second-order valence-corrected chi connectivity index (χ2v) is 4.36. The molecule has 0 unspecified atom stereocenters. The predicted octanol–water partition coefficient (Wildman–Crippen LogP) is 1.62. The summed E-state index contributed by atoms with van der Waals surface area (Å²) < 4.78 is 15.2. The van der Waals surface area contributed by atoms with Gasteiger partial charge in [0, 0.05) is 25.1 Å². The summed E-state index contributed by atoms with van der Waals surface area (Å²) in [6.45, 7) is 0.582. The van der Waals surface area contributed by atoms with Crippen LogP contribution in [0.2, 0.25) is 0 Å². The number of nitrogens with zero attached hydrogens (tertiary/aromatic N) is 1. The first-order valence-corrected chi connectivity index (χ1v) is 6.27. The molecule has 1 aliphatic rings. The number of benzene rings is 1. The summed E-state index contributed by atoms with van der Waals surface area (Å²) in [5.41, 5.74) is 0.789. The largest absolute Gasteiger partial charge is 0.493 e. The molecule has 6 nitrogen and oxygen atoms in total. The van der Waals surface area contributed by atoms with Crippen molar-refractivity contribution in [2.75, 3.05) is 32.8 Å². The minimum Gasteiger partial charge on any atom is -0.493 e. The van der Waals surface area contributed by atoms with Crippen molar-refractivity contribution in [1.29, 1.82) is 0 Å². The molecule has 0 radical (unpaired) electrons. The van der Waals surface area contributed by atoms with Gasteiger partial charge in [0.2, 0.25) is 5.91 Å². The zero-order chi connectivity index (χ0) is 14.7. The molecule has 0 N–H and O–H groups in total. The van der Waals surface area contributed by atoms with E-state index < -0.39 is 5.97 Å². The fourth-order valence-corrected chi connectivity index (χ4v) is 2.27. The monoisotopic (exact) mass is 279 g/mol. The maximum Gasteiger partial charge on any atom is 0.340 e. The average Bonchev–Trinajstić information content (AvgIpc) is 2.90. The topological polar surface area (TPSA) is 65.1 Å². The third-order valence-electron chi connectivity index (χ3n) is 3.27. The first-order chi connectivity index (χ1) is 9.62. The van der Waals surface area contributed by atoms with Gasteiger partial charge in [-0.25, -0.2) is 4.79 Å². The van der Waals surface area contributed by atoms with E-state index in [1.54, 1.807) is 11.0 Å². The van der Waals surface area contributed by atoms with Crippen molar-refractivity contribution < 1.29 is 23.8 Å². The van der Waals surface area contributed by atoms with E-state index in [4.69, 9.17) is 14.2 Å². The summed E-state index contributed by atoms with van der Waals surface area (Å²) in [5.74, 6) is 0.362. The third kappa shape index (κ3) is 2.41. The molecule has 1 amide bonds. The molecular formula is C14H17NO5. The molecule has 1 aromatic carbocycles. The highest BCUT2D eigenvalue weighted by Crippen LogP contribution is 2.37. The maximum absolute atomic E-state index is 11.9. The first kappa shape index (κ1) is 14.2. The van der Waals surface area contributed by atoms with Crippen molar-refractivity contribution in [3.8, 4) is 11.5 Å². The van der Waals surface area contributed by atoms with Crippen LogP contribution in [0.4, 0.5) is 5.69 Å². The normalized spacial score (nSPS) is 14.3. The Balaban J connectivity index is 2.57. The van der Waals surface area contributed by atoms with E-state index in [2.05, 4.69) is 0 Å². The van der Waals surface area contributed by atoms with Crippen LogP contribution in [0.1, 0.15) is 23.2 Å². The van der Waals surface area contributed by atoms with Gasteiger partial charge in [0.15, 0.2) is 11.5 Å². The van der Waals surface area contributed by atoms with Crippen LogP contribution in [0, 0.1) is 0 Å². The molecule has 1 heterocycles. The Morgan fingerprint density at radius 1 is 1.15 bits per heavy atom. The van der Waals surface area contributed by atoms with Crippen LogP contribution in [0.25, 0.3) is 0 Å². The lowest BCUT2D eigenvalue weighted by atomic mass is 10.1. The smallest absolute Gasteiger partial charge is 0.340 e. The molecule has 1 aromatic rings. The summed E-state index contributed by atoms with van der Waals surface area (Å²) in [6.07, 6.45) is 1.25. The molecule has 20 heavy (non-hydrogen) atoms. The van der Waals surface area contributed by atoms with Crippen LogP contribution in [0.15, 0.2) is 12.1 Å². The summed E-state index contributed by atoms with van der Waals surface area (Å²) in [7, 11) is 4.29. The first-order valence-electron chi connectivity index (χ1n) is 6.27. The highest BCUT2D eigenvalue weighted by Gasteiger charge is 2.28. The lowest BCUT2D eigenvalue weighted by Crippen LogP contribution is -2.26. The van der Waals surface area contributed by atoms with Gasteiger partial charge < -0.3 is 19.1 Å². The Bertz CT molecular complexity index is 541. The number of methoxy groups -OCH3 is 3. The van der Waals surface area contributed by atoms with Crippen LogP contribution < -0.4 is 14.4 Å². The van der Waals surface area contributed by atoms with Gasteiger partial charge in [-0.15, -0.1) is 0 Å². The second kappa shape index (κ2) is 5.81. The van der Waals surface area contributed by atoms with E-state index >= 15 is 0 Å². The number of esters is 1. The van der Waals surface area contributed by atoms with Gasteiger partial charge in [0.1, 0.15) is 0 Å². The number of ether oxygens (including phenoxy) is 3. The molecule has 108 valence electrons. The van der Waals surface area contributed by atoms with Gasteiger partial charge in [-0.1, -0.05) is 0 Å². The molecular weight excluding hydrogens is 262 g/mol. The Hall–Kier alpha value is -2.24. The molecule has 0 aliphatic carbocycles. The number of anilines is 1. The Labute approximate surface area is 117 Å². The second-order valence-electron chi connectivity index (χ2n) is 4.36. The number of rotatable bonds is 4. The van der Waals surface area contributed by atoms with Crippen LogP contribution in [0.5, 0.6) is 11.5 Å². The summed E-state index contributed by atoms with van der Waals surface area (Å²) >= 11 is 0. The van der Waals surface area contributed by atoms with E-state index in [-0.39, 0.29) is 5.91 Å². The zero-order valence-corrected chi connectivity index (χ0v) is 11.8. The fourth-order valence-electron chi connectivity index (χ4n) is 2.27. The van der Waals surface area contributed by atoms with Crippen LogP contribution in [0.3, 0.4) is 0 Å². The zero-order valence-electron chi connectivity index (χ0n) is 11.8.